The van der Waals surface area contributed by atoms with E-state index in [2.05, 4.69) is 5.32 Å². The maximum absolute atomic E-state index is 11.3. The molecular formula is C8H16N2OS. The molecule has 1 fully saturated rings. The van der Waals surface area contributed by atoms with Crippen molar-refractivity contribution in [2.24, 2.45) is 0 Å². The normalized spacial score (nSPS) is 23.7. The summed E-state index contributed by atoms with van der Waals surface area (Å²) in [6.45, 7) is 1.05. The Bertz CT molecular complexity index is 155. The van der Waals surface area contributed by atoms with E-state index >= 15 is 0 Å². The van der Waals surface area contributed by atoms with Gasteiger partial charge in [-0.3, -0.25) is 4.79 Å². The van der Waals surface area contributed by atoms with Crippen LogP contribution in [0.2, 0.25) is 0 Å². The molecule has 3 nitrogen and oxygen atoms in total. The van der Waals surface area contributed by atoms with E-state index in [1.165, 1.54) is 12.2 Å². The molecule has 0 aromatic heterocycles. The molecule has 70 valence electrons. The van der Waals surface area contributed by atoms with Gasteiger partial charge in [0.05, 0.1) is 11.8 Å². The van der Waals surface area contributed by atoms with Crippen LogP contribution in [0.25, 0.3) is 0 Å². The van der Waals surface area contributed by atoms with E-state index in [-0.39, 0.29) is 5.91 Å². The van der Waals surface area contributed by atoms with Crippen molar-refractivity contribution < 1.29 is 4.79 Å². The molecule has 0 aromatic rings. The monoisotopic (exact) mass is 188 g/mol. The highest BCUT2D eigenvalue weighted by molar-refractivity contribution is 7.99. The minimum absolute atomic E-state index is 0.210. The van der Waals surface area contributed by atoms with Gasteiger partial charge in [0.2, 0.25) is 5.91 Å². The molecule has 1 unspecified atom stereocenters. The summed E-state index contributed by atoms with van der Waals surface area (Å²) in [6, 6.07) is 0. The quantitative estimate of drug-likeness (QED) is 0.685. The van der Waals surface area contributed by atoms with Crippen LogP contribution in [0.15, 0.2) is 0 Å². The lowest BCUT2D eigenvalue weighted by atomic mass is 10.3. The molecule has 0 bridgehead atoms. The number of amides is 1. The predicted octanol–water partition coefficient (Wildman–Crippen LogP) is 0.517. The molecule has 1 atom stereocenters. The van der Waals surface area contributed by atoms with Gasteiger partial charge in [0, 0.05) is 14.1 Å². The first kappa shape index (κ1) is 9.86. The minimum atomic E-state index is 0.210. The Hall–Kier alpha value is -0.220. The standard InChI is InChI=1S/C8H16N2OS/c1-10(2)8(11)6-7-9-4-3-5-12-7/h7,9H,3-6H2,1-2H3. The van der Waals surface area contributed by atoms with Crippen molar-refractivity contribution in [1.29, 1.82) is 0 Å². The summed E-state index contributed by atoms with van der Waals surface area (Å²) in [5.74, 6) is 1.39. The topological polar surface area (TPSA) is 32.3 Å². The molecule has 4 heteroatoms. The lowest BCUT2D eigenvalue weighted by Gasteiger charge is -2.23. The number of nitrogens with one attached hydrogen (secondary N) is 1. The third kappa shape index (κ3) is 3.03. The largest absolute Gasteiger partial charge is 0.349 e. The van der Waals surface area contributed by atoms with Crippen LogP contribution in [-0.4, -0.2) is 42.6 Å². The van der Waals surface area contributed by atoms with E-state index in [1.54, 1.807) is 19.0 Å². The summed E-state index contributed by atoms with van der Waals surface area (Å²) in [5, 5.41) is 3.66. The third-order valence-corrected chi connectivity index (χ3v) is 3.13. The number of hydrogen-bond donors (Lipinski definition) is 1. The first-order valence-corrected chi connectivity index (χ1v) is 5.30. The molecule has 0 saturated carbocycles. The van der Waals surface area contributed by atoms with Crippen LogP contribution >= 0.6 is 11.8 Å². The number of thioether (sulfide) groups is 1. The Balaban J connectivity index is 2.24. The van der Waals surface area contributed by atoms with Crippen LogP contribution in [0.3, 0.4) is 0 Å². The van der Waals surface area contributed by atoms with Crippen molar-refractivity contribution in [2.75, 3.05) is 26.4 Å². The average Bonchev–Trinajstić information content (AvgIpc) is 2.06. The fourth-order valence-corrected chi connectivity index (χ4v) is 2.18. The summed E-state index contributed by atoms with van der Waals surface area (Å²) in [6.07, 6.45) is 1.84. The molecule has 1 saturated heterocycles. The summed E-state index contributed by atoms with van der Waals surface area (Å²) < 4.78 is 0. The van der Waals surface area contributed by atoms with Crippen molar-refractivity contribution in [2.45, 2.75) is 18.2 Å². The number of rotatable bonds is 2. The zero-order valence-corrected chi connectivity index (χ0v) is 8.49. The zero-order valence-electron chi connectivity index (χ0n) is 7.67. The highest BCUT2D eigenvalue weighted by Gasteiger charge is 2.17. The van der Waals surface area contributed by atoms with E-state index < -0.39 is 0 Å². The van der Waals surface area contributed by atoms with Crippen LogP contribution in [-0.2, 0) is 4.79 Å². The molecule has 1 aliphatic heterocycles. The third-order valence-electron chi connectivity index (χ3n) is 1.87. The second-order valence-corrected chi connectivity index (χ2v) is 4.47. The molecule has 0 spiro atoms. The number of nitrogens with zero attached hydrogens (tertiary/aromatic N) is 1. The molecule has 1 aliphatic rings. The highest BCUT2D eigenvalue weighted by atomic mass is 32.2. The van der Waals surface area contributed by atoms with Gasteiger partial charge in [0.1, 0.15) is 0 Å². The SMILES string of the molecule is CN(C)C(=O)CC1NCCCS1. The fraction of sp³-hybridized carbons (Fsp3) is 0.875. The minimum Gasteiger partial charge on any atom is -0.349 e. The van der Waals surface area contributed by atoms with Gasteiger partial charge in [0.15, 0.2) is 0 Å². The van der Waals surface area contributed by atoms with Gasteiger partial charge < -0.3 is 10.2 Å². The Morgan fingerprint density at radius 2 is 2.42 bits per heavy atom. The Morgan fingerprint density at radius 3 is 2.92 bits per heavy atom. The molecule has 12 heavy (non-hydrogen) atoms. The predicted molar refractivity (Wildman–Crippen MR) is 52.2 cm³/mol. The van der Waals surface area contributed by atoms with E-state index in [9.17, 15) is 4.79 Å². The number of hydrogen-bond acceptors (Lipinski definition) is 3. The molecule has 1 rings (SSSR count). The van der Waals surface area contributed by atoms with Crippen molar-refractivity contribution in [1.82, 2.24) is 10.2 Å². The van der Waals surface area contributed by atoms with Crippen LogP contribution in [0.5, 0.6) is 0 Å². The van der Waals surface area contributed by atoms with Gasteiger partial charge in [-0.15, -0.1) is 11.8 Å². The van der Waals surface area contributed by atoms with Crippen molar-refractivity contribution >= 4 is 17.7 Å². The van der Waals surface area contributed by atoms with E-state index in [0.717, 1.165) is 6.54 Å². The van der Waals surface area contributed by atoms with Crippen molar-refractivity contribution in [3.63, 3.8) is 0 Å². The molecule has 1 amide bonds. The first-order chi connectivity index (χ1) is 5.70. The second kappa shape index (κ2) is 4.72. The second-order valence-electron chi connectivity index (χ2n) is 3.16. The van der Waals surface area contributed by atoms with E-state index in [1.807, 2.05) is 11.8 Å². The zero-order chi connectivity index (χ0) is 8.97. The Morgan fingerprint density at radius 1 is 1.67 bits per heavy atom. The Kier molecular flexibility index (Phi) is 3.88. The number of carbonyl (C=O) groups excluding carboxylic acids is 1. The Labute approximate surface area is 77.9 Å². The summed E-state index contributed by atoms with van der Waals surface area (Å²) in [5.41, 5.74) is 0. The van der Waals surface area contributed by atoms with Crippen molar-refractivity contribution in [3.8, 4) is 0 Å². The van der Waals surface area contributed by atoms with Gasteiger partial charge >= 0.3 is 0 Å². The van der Waals surface area contributed by atoms with E-state index in [4.69, 9.17) is 0 Å². The molecule has 0 aliphatic carbocycles. The van der Waals surface area contributed by atoms with Crippen LogP contribution < -0.4 is 5.32 Å². The van der Waals surface area contributed by atoms with Gasteiger partial charge in [-0.25, -0.2) is 0 Å². The number of carbonyl (C=O) groups is 1. The fourth-order valence-electron chi connectivity index (χ4n) is 1.09. The van der Waals surface area contributed by atoms with Gasteiger partial charge in [-0.1, -0.05) is 0 Å². The van der Waals surface area contributed by atoms with Crippen molar-refractivity contribution in [3.05, 3.63) is 0 Å². The molecular weight excluding hydrogens is 172 g/mol. The maximum atomic E-state index is 11.3. The summed E-state index contributed by atoms with van der Waals surface area (Å²) >= 11 is 1.85. The lowest BCUT2D eigenvalue weighted by Crippen LogP contribution is -2.36. The van der Waals surface area contributed by atoms with E-state index in [0.29, 0.717) is 11.8 Å². The average molecular weight is 188 g/mol. The van der Waals surface area contributed by atoms with Crippen LogP contribution in [0.1, 0.15) is 12.8 Å². The highest BCUT2D eigenvalue weighted by Crippen LogP contribution is 2.17. The maximum Gasteiger partial charge on any atom is 0.224 e. The molecule has 1 N–H and O–H groups in total. The van der Waals surface area contributed by atoms with Crippen LogP contribution in [0.4, 0.5) is 0 Å². The molecule has 1 heterocycles. The molecule has 0 radical (unpaired) electrons. The summed E-state index contributed by atoms with van der Waals surface area (Å²) in [4.78, 5) is 12.9. The smallest absolute Gasteiger partial charge is 0.224 e. The van der Waals surface area contributed by atoms with Crippen LogP contribution in [0, 0.1) is 0 Å². The van der Waals surface area contributed by atoms with Gasteiger partial charge in [-0.2, -0.15) is 0 Å². The van der Waals surface area contributed by atoms with Gasteiger partial charge in [-0.05, 0) is 18.7 Å². The van der Waals surface area contributed by atoms with Gasteiger partial charge in [0.25, 0.3) is 0 Å². The summed E-state index contributed by atoms with van der Waals surface area (Å²) in [7, 11) is 3.60. The molecule has 0 aromatic carbocycles. The lowest BCUT2D eigenvalue weighted by molar-refractivity contribution is -0.128. The first-order valence-electron chi connectivity index (χ1n) is 4.25.